The van der Waals surface area contributed by atoms with E-state index in [0.29, 0.717) is 11.4 Å². The van der Waals surface area contributed by atoms with Gasteiger partial charge in [0.05, 0.1) is 11.9 Å². The molecular formula is C21H21N9O. The van der Waals surface area contributed by atoms with Crippen LogP contribution >= 0.6 is 0 Å². The number of carbonyl (C=O) groups is 1. The number of nitrogens with one attached hydrogen (secondary N) is 1. The molecule has 1 aromatic carbocycles. The van der Waals surface area contributed by atoms with E-state index in [1.807, 2.05) is 18.2 Å². The summed E-state index contributed by atoms with van der Waals surface area (Å²) in [6, 6.07) is 9.42. The molecule has 1 fully saturated rings. The molecular weight excluding hydrogens is 394 g/mol. The molecule has 10 heteroatoms. The average molecular weight is 415 g/mol. The van der Waals surface area contributed by atoms with Crippen LogP contribution in [0.4, 0.5) is 22.9 Å². The molecule has 1 saturated heterocycles. The number of nitriles is 1. The first-order valence-corrected chi connectivity index (χ1v) is 9.99. The first kappa shape index (κ1) is 20.2. The van der Waals surface area contributed by atoms with Gasteiger partial charge < -0.3 is 10.2 Å². The largest absolute Gasteiger partial charge is 0.371 e. The highest BCUT2D eigenvalue weighted by Gasteiger charge is 2.16. The molecule has 1 amide bonds. The van der Waals surface area contributed by atoms with E-state index < -0.39 is 0 Å². The summed E-state index contributed by atoms with van der Waals surface area (Å²) in [5.74, 6) is 0.288. The van der Waals surface area contributed by atoms with Crippen LogP contribution < -0.4 is 10.2 Å². The van der Waals surface area contributed by atoms with E-state index in [4.69, 9.17) is 0 Å². The van der Waals surface area contributed by atoms with Crippen LogP contribution in [0, 0.1) is 11.3 Å². The lowest BCUT2D eigenvalue weighted by atomic mass is 10.1. The lowest BCUT2D eigenvalue weighted by Gasteiger charge is -2.29. The van der Waals surface area contributed by atoms with E-state index in [1.54, 1.807) is 18.5 Å². The number of benzene rings is 1. The van der Waals surface area contributed by atoms with Crippen LogP contribution in [0.25, 0.3) is 5.95 Å². The predicted octanol–water partition coefficient (Wildman–Crippen LogP) is 3.90. The zero-order chi connectivity index (χ0) is 21.6. The molecule has 3 aromatic rings. The molecule has 1 aliphatic heterocycles. The number of rotatable bonds is 5. The molecule has 4 rings (SSSR count). The number of aromatic nitrogens is 4. The number of amides is 1. The Morgan fingerprint density at radius 3 is 2.65 bits per heavy atom. The van der Waals surface area contributed by atoms with E-state index in [2.05, 4.69) is 41.6 Å². The van der Waals surface area contributed by atoms with Gasteiger partial charge in [-0.15, -0.1) is 10.2 Å². The van der Waals surface area contributed by atoms with Gasteiger partial charge in [0.2, 0.25) is 5.91 Å². The van der Waals surface area contributed by atoms with E-state index >= 15 is 0 Å². The summed E-state index contributed by atoms with van der Waals surface area (Å²) in [6.45, 7) is 3.43. The maximum atomic E-state index is 11.8. The van der Waals surface area contributed by atoms with Crippen molar-refractivity contribution in [2.45, 2.75) is 26.2 Å². The van der Waals surface area contributed by atoms with Crippen molar-refractivity contribution in [1.82, 2.24) is 19.7 Å². The third-order valence-electron chi connectivity index (χ3n) is 4.87. The van der Waals surface area contributed by atoms with Gasteiger partial charge in [-0.1, -0.05) is 0 Å². The molecule has 0 radical (unpaired) electrons. The monoisotopic (exact) mass is 415 g/mol. The summed E-state index contributed by atoms with van der Waals surface area (Å²) in [7, 11) is 0. The first-order valence-electron chi connectivity index (χ1n) is 9.99. The third kappa shape index (κ3) is 4.56. The fourth-order valence-electron chi connectivity index (χ4n) is 3.42. The summed E-state index contributed by atoms with van der Waals surface area (Å²) in [5.41, 5.74) is 2.30. The molecule has 0 aliphatic carbocycles. The van der Waals surface area contributed by atoms with Gasteiger partial charge in [-0.2, -0.15) is 15.0 Å². The highest BCUT2D eigenvalue weighted by Crippen LogP contribution is 2.33. The van der Waals surface area contributed by atoms with Gasteiger partial charge in [-0.3, -0.25) is 4.79 Å². The minimum absolute atomic E-state index is 0.201. The number of azo groups is 1. The molecule has 0 saturated carbocycles. The number of piperidine rings is 1. The Kier molecular flexibility index (Phi) is 5.93. The van der Waals surface area contributed by atoms with Crippen molar-refractivity contribution in [1.29, 1.82) is 5.26 Å². The molecule has 156 valence electrons. The predicted molar refractivity (Wildman–Crippen MR) is 115 cm³/mol. The minimum atomic E-state index is -0.201. The SMILES string of the molecule is CC(=O)Nc1cc(N2CCCCC2)ccc1N=Nc1c(C#N)cnn1-c1ncccn1. The van der Waals surface area contributed by atoms with Gasteiger partial charge >= 0.3 is 0 Å². The Morgan fingerprint density at radius 2 is 1.94 bits per heavy atom. The maximum absolute atomic E-state index is 11.8. The van der Waals surface area contributed by atoms with E-state index in [9.17, 15) is 10.1 Å². The highest BCUT2D eigenvalue weighted by atomic mass is 16.1. The third-order valence-corrected chi connectivity index (χ3v) is 4.87. The van der Waals surface area contributed by atoms with E-state index in [1.165, 1.54) is 24.2 Å². The lowest BCUT2D eigenvalue weighted by Crippen LogP contribution is -2.29. The Morgan fingerprint density at radius 1 is 1.16 bits per heavy atom. The number of hydrogen-bond donors (Lipinski definition) is 1. The van der Waals surface area contributed by atoms with Crippen LogP contribution in [0.15, 0.2) is 53.1 Å². The molecule has 0 spiro atoms. The number of carbonyl (C=O) groups excluding carboxylic acids is 1. The summed E-state index contributed by atoms with van der Waals surface area (Å²) in [5, 5.41) is 25.0. The summed E-state index contributed by atoms with van der Waals surface area (Å²) in [6.07, 6.45) is 8.08. The Hall–Kier alpha value is -4.13. The Bertz CT molecular complexity index is 1140. The van der Waals surface area contributed by atoms with Crippen LogP contribution in [0.1, 0.15) is 31.7 Å². The van der Waals surface area contributed by atoms with Crippen molar-refractivity contribution in [2.75, 3.05) is 23.3 Å². The summed E-state index contributed by atoms with van der Waals surface area (Å²) in [4.78, 5) is 22.3. The summed E-state index contributed by atoms with van der Waals surface area (Å²) < 4.78 is 1.35. The van der Waals surface area contributed by atoms with Crippen molar-refractivity contribution in [3.05, 3.63) is 48.4 Å². The van der Waals surface area contributed by atoms with Crippen molar-refractivity contribution in [3.8, 4) is 12.0 Å². The molecule has 10 nitrogen and oxygen atoms in total. The molecule has 0 atom stereocenters. The fourth-order valence-corrected chi connectivity index (χ4v) is 3.42. The second kappa shape index (κ2) is 9.13. The van der Waals surface area contributed by atoms with Gasteiger partial charge in [0, 0.05) is 38.1 Å². The lowest BCUT2D eigenvalue weighted by molar-refractivity contribution is -0.114. The van der Waals surface area contributed by atoms with Crippen LogP contribution in [-0.4, -0.2) is 38.7 Å². The molecule has 31 heavy (non-hydrogen) atoms. The van der Waals surface area contributed by atoms with Gasteiger partial charge in [0.1, 0.15) is 17.3 Å². The first-order chi connectivity index (χ1) is 15.2. The van der Waals surface area contributed by atoms with Gasteiger partial charge in [-0.05, 0) is 43.5 Å². The summed E-state index contributed by atoms with van der Waals surface area (Å²) >= 11 is 0. The van der Waals surface area contributed by atoms with Gasteiger partial charge in [0.25, 0.3) is 5.95 Å². The quantitative estimate of drug-likeness (QED) is 0.630. The Balaban J connectivity index is 1.69. The maximum Gasteiger partial charge on any atom is 0.252 e. The minimum Gasteiger partial charge on any atom is -0.371 e. The second-order valence-electron chi connectivity index (χ2n) is 7.08. The van der Waals surface area contributed by atoms with E-state index in [-0.39, 0.29) is 23.2 Å². The number of nitrogens with zero attached hydrogens (tertiary/aromatic N) is 8. The molecule has 1 aliphatic rings. The molecule has 0 unspecified atom stereocenters. The highest BCUT2D eigenvalue weighted by molar-refractivity contribution is 5.93. The zero-order valence-corrected chi connectivity index (χ0v) is 17.1. The standard InChI is InChI=1S/C21H21N9O/c1-15(31)26-19-12-17(29-10-3-2-4-11-29)6-7-18(19)27-28-20-16(13-22)14-25-30(20)21-23-8-5-9-24-21/h5-9,12,14H,2-4,10-11H2,1H3,(H,26,31). The van der Waals surface area contributed by atoms with E-state index in [0.717, 1.165) is 31.6 Å². The van der Waals surface area contributed by atoms with Crippen molar-refractivity contribution in [3.63, 3.8) is 0 Å². The molecule has 3 heterocycles. The molecule has 0 bridgehead atoms. The second-order valence-corrected chi connectivity index (χ2v) is 7.08. The Labute approximate surface area is 179 Å². The zero-order valence-electron chi connectivity index (χ0n) is 17.1. The van der Waals surface area contributed by atoms with Crippen molar-refractivity contribution < 1.29 is 4.79 Å². The van der Waals surface area contributed by atoms with Crippen LogP contribution in [0.5, 0.6) is 0 Å². The van der Waals surface area contributed by atoms with Crippen LogP contribution in [0.2, 0.25) is 0 Å². The van der Waals surface area contributed by atoms with Crippen molar-refractivity contribution >= 4 is 28.8 Å². The topological polar surface area (TPSA) is 124 Å². The van der Waals surface area contributed by atoms with Crippen LogP contribution in [-0.2, 0) is 4.79 Å². The smallest absolute Gasteiger partial charge is 0.252 e. The van der Waals surface area contributed by atoms with Gasteiger partial charge in [-0.25, -0.2) is 9.97 Å². The average Bonchev–Trinajstić information content (AvgIpc) is 3.22. The number of hydrogen-bond acceptors (Lipinski definition) is 8. The van der Waals surface area contributed by atoms with Gasteiger partial charge in [0.15, 0.2) is 5.82 Å². The molecule has 1 N–H and O–H groups in total. The van der Waals surface area contributed by atoms with Crippen LogP contribution in [0.3, 0.4) is 0 Å². The fraction of sp³-hybridized carbons (Fsp3) is 0.286. The van der Waals surface area contributed by atoms with Crippen molar-refractivity contribution in [2.24, 2.45) is 10.2 Å². The molecule has 2 aromatic heterocycles. The normalized spacial score (nSPS) is 13.9. The number of anilines is 2.